The topological polar surface area (TPSA) is 56.0 Å². The van der Waals surface area contributed by atoms with Crippen LogP contribution in [-0.2, 0) is 0 Å². The average Bonchev–Trinajstić information content (AvgIpc) is 3.03. The van der Waals surface area contributed by atoms with Crippen molar-refractivity contribution in [1.29, 1.82) is 0 Å². The van der Waals surface area contributed by atoms with Crippen molar-refractivity contribution in [2.45, 2.75) is 6.92 Å². The molecule has 0 aliphatic heterocycles. The molecule has 0 N–H and O–H groups in total. The minimum atomic E-state index is -0.00460. The van der Waals surface area contributed by atoms with Gasteiger partial charge in [0, 0.05) is 11.1 Å². The maximum absolute atomic E-state index is 12.4. The molecule has 0 bridgehead atoms. The molecule has 1 aromatic carbocycles. The van der Waals surface area contributed by atoms with E-state index in [0.717, 1.165) is 11.3 Å². The number of carbonyl (C=O) groups is 1. The van der Waals surface area contributed by atoms with Crippen molar-refractivity contribution >= 4 is 5.78 Å². The summed E-state index contributed by atoms with van der Waals surface area (Å²) in [5, 5.41) is 8.38. The molecule has 0 spiro atoms. The van der Waals surface area contributed by atoms with Gasteiger partial charge < -0.3 is 4.42 Å². The molecule has 0 unspecified atom stereocenters. The Kier molecular flexibility index (Phi) is 2.15. The lowest BCUT2D eigenvalue weighted by Crippen LogP contribution is -1.97. The van der Waals surface area contributed by atoms with Crippen LogP contribution in [0.4, 0.5) is 0 Å². The van der Waals surface area contributed by atoms with Gasteiger partial charge >= 0.3 is 0 Å². The minimum Gasteiger partial charge on any atom is -0.460 e. The van der Waals surface area contributed by atoms with Gasteiger partial charge in [-0.2, -0.15) is 0 Å². The molecule has 0 amide bonds. The number of aryl methyl sites for hydroxylation is 1. The summed E-state index contributed by atoms with van der Waals surface area (Å²) < 4.78 is 5.53. The molecule has 20 heavy (non-hydrogen) atoms. The molecular weight excluding hydrogens is 252 g/mol. The lowest BCUT2D eigenvalue weighted by atomic mass is 10.1. The van der Waals surface area contributed by atoms with Gasteiger partial charge in [-0.1, -0.05) is 24.3 Å². The van der Waals surface area contributed by atoms with Crippen molar-refractivity contribution in [2.24, 2.45) is 0 Å². The molecule has 2 aromatic heterocycles. The van der Waals surface area contributed by atoms with E-state index in [1.54, 1.807) is 6.07 Å². The highest BCUT2D eigenvalue weighted by Crippen LogP contribution is 2.35. The van der Waals surface area contributed by atoms with Gasteiger partial charge in [-0.25, -0.2) is 0 Å². The van der Waals surface area contributed by atoms with Gasteiger partial charge in [-0.15, -0.1) is 10.2 Å². The fourth-order valence-electron chi connectivity index (χ4n) is 2.49. The van der Waals surface area contributed by atoms with E-state index in [9.17, 15) is 4.79 Å². The summed E-state index contributed by atoms with van der Waals surface area (Å²) in [6.45, 7) is 1.87. The van der Waals surface area contributed by atoms with E-state index >= 15 is 0 Å². The van der Waals surface area contributed by atoms with Gasteiger partial charge in [0.2, 0.25) is 0 Å². The Bertz CT molecular complexity index is 849. The predicted octanol–water partition coefficient (Wildman–Crippen LogP) is 3.26. The molecule has 0 saturated carbocycles. The van der Waals surface area contributed by atoms with E-state index in [2.05, 4.69) is 10.2 Å². The van der Waals surface area contributed by atoms with Gasteiger partial charge in [0.15, 0.2) is 11.5 Å². The van der Waals surface area contributed by atoms with E-state index in [1.165, 1.54) is 0 Å². The summed E-state index contributed by atoms with van der Waals surface area (Å²) in [6, 6.07) is 12.9. The number of benzene rings is 1. The maximum atomic E-state index is 12.4. The molecule has 4 nitrogen and oxygen atoms in total. The van der Waals surface area contributed by atoms with E-state index in [0.29, 0.717) is 28.3 Å². The number of hydrogen-bond donors (Lipinski definition) is 0. The molecular formula is C16H10N2O2. The van der Waals surface area contributed by atoms with Gasteiger partial charge in [-0.05, 0) is 25.1 Å². The van der Waals surface area contributed by atoms with Crippen LogP contribution in [0.3, 0.4) is 0 Å². The molecule has 0 radical (unpaired) electrons. The zero-order chi connectivity index (χ0) is 13.7. The van der Waals surface area contributed by atoms with E-state index in [4.69, 9.17) is 4.42 Å². The van der Waals surface area contributed by atoms with Crippen LogP contribution >= 0.6 is 0 Å². The molecule has 1 aliphatic carbocycles. The van der Waals surface area contributed by atoms with Crippen molar-refractivity contribution < 1.29 is 9.21 Å². The number of hydrogen-bond acceptors (Lipinski definition) is 4. The van der Waals surface area contributed by atoms with Crippen molar-refractivity contribution in [2.75, 3.05) is 0 Å². The van der Waals surface area contributed by atoms with Crippen molar-refractivity contribution in [3.05, 3.63) is 59.4 Å². The van der Waals surface area contributed by atoms with Crippen LogP contribution in [-0.4, -0.2) is 16.0 Å². The molecule has 0 saturated heterocycles. The Morgan fingerprint density at radius 3 is 2.50 bits per heavy atom. The first-order chi connectivity index (χ1) is 9.74. The number of nitrogens with zero attached hydrogens (tertiary/aromatic N) is 2. The third kappa shape index (κ3) is 1.45. The first-order valence-corrected chi connectivity index (χ1v) is 6.32. The molecule has 0 atom stereocenters. The van der Waals surface area contributed by atoms with Gasteiger partial charge in [0.1, 0.15) is 17.1 Å². The molecule has 2 heterocycles. The number of rotatable bonds is 1. The van der Waals surface area contributed by atoms with Crippen molar-refractivity contribution in [3.63, 3.8) is 0 Å². The molecule has 3 aromatic rings. The van der Waals surface area contributed by atoms with Crippen LogP contribution in [0, 0.1) is 6.92 Å². The lowest BCUT2D eigenvalue weighted by molar-refractivity contribution is 0.104. The van der Waals surface area contributed by atoms with E-state index in [-0.39, 0.29) is 5.78 Å². The zero-order valence-electron chi connectivity index (χ0n) is 10.8. The highest BCUT2D eigenvalue weighted by atomic mass is 16.3. The summed E-state index contributed by atoms with van der Waals surface area (Å²) in [7, 11) is 0. The van der Waals surface area contributed by atoms with Gasteiger partial charge in [0.05, 0.1) is 5.56 Å². The molecule has 4 rings (SSSR count). The Hall–Kier alpha value is -2.75. The second-order valence-corrected chi connectivity index (χ2v) is 4.78. The second-order valence-electron chi connectivity index (χ2n) is 4.78. The number of ketones is 1. The number of carbonyl (C=O) groups excluding carboxylic acids is 1. The predicted molar refractivity (Wildman–Crippen MR) is 73.3 cm³/mol. The fraction of sp³-hybridized carbons (Fsp3) is 0.0625. The smallest absolute Gasteiger partial charge is 0.196 e. The summed E-state index contributed by atoms with van der Waals surface area (Å²) in [4.78, 5) is 12.4. The van der Waals surface area contributed by atoms with Crippen LogP contribution in [0.25, 0.3) is 22.7 Å². The average molecular weight is 262 g/mol. The van der Waals surface area contributed by atoms with Crippen LogP contribution in [0.2, 0.25) is 0 Å². The third-order valence-corrected chi connectivity index (χ3v) is 3.46. The van der Waals surface area contributed by atoms with Gasteiger partial charge in [0.25, 0.3) is 0 Å². The van der Waals surface area contributed by atoms with Crippen LogP contribution in [0.5, 0.6) is 0 Å². The standard InChI is InChI=1S/C16H10N2O2/c1-9-6-7-14(20-9)13-8-12-15(18-17-13)10-4-2-3-5-11(10)16(12)19/h2-8H,1H3. The lowest BCUT2D eigenvalue weighted by Gasteiger charge is -1.99. The fourth-order valence-corrected chi connectivity index (χ4v) is 2.49. The normalized spacial score (nSPS) is 12.3. The first kappa shape index (κ1) is 11.1. The Labute approximate surface area is 115 Å². The Morgan fingerprint density at radius 2 is 1.75 bits per heavy atom. The van der Waals surface area contributed by atoms with Crippen molar-refractivity contribution in [3.8, 4) is 22.7 Å². The summed E-state index contributed by atoms with van der Waals surface area (Å²) in [6.07, 6.45) is 0. The SMILES string of the molecule is Cc1ccc(-c2cc3c(nn2)-c2ccccc2C3=O)o1. The second kappa shape index (κ2) is 3.87. The monoisotopic (exact) mass is 262 g/mol. The summed E-state index contributed by atoms with van der Waals surface area (Å²) in [5.41, 5.74) is 3.35. The van der Waals surface area contributed by atoms with Crippen LogP contribution in [0.1, 0.15) is 21.7 Å². The Balaban J connectivity index is 1.90. The van der Waals surface area contributed by atoms with Gasteiger partial charge in [-0.3, -0.25) is 4.79 Å². The maximum Gasteiger partial charge on any atom is 0.196 e. The largest absolute Gasteiger partial charge is 0.460 e. The minimum absolute atomic E-state index is 0.00460. The van der Waals surface area contributed by atoms with E-state index in [1.807, 2.05) is 43.3 Å². The highest BCUT2D eigenvalue weighted by Gasteiger charge is 2.28. The first-order valence-electron chi connectivity index (χ1n) is 6.32. The summed E-state index contributed by atoms with van der Waals surface area (Å²) >= 11 is 0. The molecule has 96 valence electrons. The van der Waals surface area contributed by atoms with Crippen LogP contribution < -0.4 is 0 Å². The quantitative estimate of drug-likeness (QED) is 0.528. The third-order valence-electron chi connectivity index (χ3n) is 3.46. The number of fused-ring (bicyclic) bond motifs is 3. The summed E-state index contributed by atoms with van der Waals surface area (Å²) in [5.74, 6) is 1.42. The zero-order valence-corrected chi connectivity index (χ0v) is 10.8. The van der Waals surface area contributed by atoms with Crippen LogP contribution in [0.15, 0.2) is 46.9 Å². The van der Waals surface area contributed by atoms with E-state index < -0.39 is 0 Å². The molecule has 0 fully saturated rings. The molecule has 4 heteroatoms. The Morgan fingerprint density at radius 1 is 0.950 bits per heavy atom. The van der Waals surface area contributed by atoms with Crippen molar-refractivity contribution in [1.82, 2.24) is 10.2 Å². The highest BCUT2D eigenvalue weighted by molar-refractivity contribution is 6.21. The molecule has 1 aliphatic rings. The number of furan rings is 1. The number of aromatic nitrogens is 2.